The number of hydrogen-bond donors (Lipinski definition) is 1. The third-order valence-electron chi connectivity index (χ3n) is 3.43. The number of rotatable bonds is 0. The Balaban J connectivity index is 2.46. The van der Waals surface area contributed by atoms with E-state index < -0.39 is 0 Å². The molecule has 5 heteroatoms. The molecule has 0 amide bonds. The molecule has 1 aromatic heterocycles. The van der Waals surface area contributed by atoms with Crippen LogP contribution < -0.4 is 5.73 Å². The van der Waals surface area contributed by atoms with Crippen LogP contribution in [0.1, 0.15) is 24.1 Å². The van der Waals surface area contributed by atoms with Crippen LogP contribution in [0.5, 0.6) is 0 Å². The molecule has 18 heavy (non-hydrogen) atoms. The van der Waals surface area contributed by atoms with Crippen molar-refractivity contribution < 1.29 is 0 Å². The minimum Gasteiger partial charge on any atom is -0.398 e. The summed E-state index contributed by atoms with van der Waals surface area (Å²) in [6, 6.07) is 1.62. The first-order valence-electron chi connectivity index (χ1n) is 5.84. The van der Waals surface area contributed by atoms with E-state index in [0.717, 1.165) is 36.9 Å². The molecular formula is C13H11Cl3N2. The number of nitrogens with zero attached hydrogens (tertiary/aromatic N) is 1. The quantitative estimate of drug-likeness (QED) is 0.719. The van der Waals surface area contributed by atoms with Gasteiger partial charge < -0.3 is 5.73 Å². The average Bonchev–Trinajstić information content (AvgIpc) is 2.36. The summed E-state index contributed by atoms with van der Waals surface area (Å²) in [6.45, 7) is 0. The number of pyridine rings is 1. The molecule has 94 valence electrons. The molecule has 0 atom stereocenters. The highest BCUT2D eigenvalue weighted by atomic mass is 35.5. The first-order valence-corrected chi connectivity index (χ1v) is 6.97. The maximum atomic E-state index is 6.24. The van der Waals surface area contributed by atoms with Crippen molar-refractivity contribution in [2.24, 2.45) is 0 Å². The molecule has 3 rings (SSSR count). The Hall–Kier alpha value is -0.700. The summed E-state index contributed by atoms with van der Waals surface area (Å²) >= 11 is 18.5. The second-order valence-electron chi connectivity index (χ2n) is 4.54. The van der Waals surface area contributed by atoms with Crippen molar-refractivity contribution in [3.8, 4) is 0 Å². The molecule has 1 aliphatic rings. The molecule has 0 radical (unpaired) electrons. The predicted molar refractivity (Wildman–Crippen MR) is 77.8 cm³/mol. The summed E-state index contributed by atoms with van der Waals surface area (Å²) in [5, 5.41) is 2.04. The fraction of sp³-hybridized carbons (Fsp3) is 0.308. The van der Waals surface area contributed by atoms with Gasteiger partial charge in [-0.1, -0.05) is 34.8 Å². The predicted octanol–water partition coefficient (Wildman–Crippen LogP) is 4.66. The molecular weight excluding hydrogens is 291 g/mol. The first-order chi connectivity index (χ1) is 8.59. The number of hydrogen-bond acceptors (Lipinski definition) is 2. The molecule has 0 fully saturated rings. The number of nitrogens with two attached hydrogens (primary N) is 1. The number of benzene rings is 1. The summed E-state index contributed by atoms with van der Waals surface area (Å²) in [5.41, 5.74) is 9.73. The maximum absolute atomic E-state index is 6.24. The molecule has 0 saturated heterocycles. The van der Waals surface area contributed by atoms with Crippen LogP contribution in [0.3, 0.4) is 0 Å². The van der Waals surface area contributed by atoms with Crippen molar-refractivity contribution in [1.82, 2.24) is 4.98 Å². The van der Waals surface area contributed by atoms with Gasteiger partial charge >= 0.3 is 0 Å². The van der Waals surface area contributed by atoms with Gasteiger partial charge in [0.2, 0.25) is 0 Å². The minimum absolute atomic E-state index is 0.415. The van der Waals surface area contributed by atoms with E-state index in [-0.39, 0.29) is 0 Å². The van der Waals surface area contributed by atoms with E-state index in [9.17, 15) is 0 Å². The fourth-order valence-electron chi connectivity index (χ4n) is 2.53. The Bertz CT molecular complexity index is 653. The molecule has 2 N–H and O–H groups in total. The molecule has 2 nitrogen and oxygen atoms in total. The Kier molecular flexibility index (Phi) is 3.05. The molecule has 0 unspecified atom stereocenters. The Morgan fingerprint density at radius 3 is 2.56 bits per heavy atom. The van der Waals surface area contributed by atoms with Gasteiger partial charge in [0.25, 0.3) is 0 Å². The Labute approximate surface area is 120 Å². The highest BCUT2D eigenvalue weighted by Crippen LogP contribution is 2.41. The molecule has 0 bridgehead atoms. The lowest BCUT2D eigenvalue weighted by molar-refractivity contribution is 0.673. The average molecular weight is 302 g/mol. The molecule has 0 spiro atoms. The third-order valence-corrected chi connectivity index (χ3v) is 4.50. The van der Waals surface area contributed by atoms with E-state index in [1.54, 1.807) is 6.07 Å². The van der Waals surface area contributed by atoms with Gasteiger partial charge in [0.05, 0.1) is 20.6 Å². The minimum atomic E-state index is 0.415. The van der Waals surface area contributed by atoms with E-state index in [4.69, 9.17) is 40.5 Å². The zero-order chi connectivity index (χ0) is 12.9. The monoisotopic (exact) mass is 300 g/mol. The zero-order valence-electron chi connectivity index (χ0n) is 9.56. The maximum Gasteiger partial charge on any atom is 0.0928 e. The number of aryl methyl sites for hydroxylation is 1. The van der Waals surface area contributed by atoms with E-state index in [0.29, 0.717) is 31.7 Å². The van der Waals surface area contributed by atoms with Gasteiger partial charge in [-0.3, -0.25) is 4.98 Å². The van der Waals surface area contributed by atoms with Crippen LogP contribution >= 0.6 is 34.8 Å². The van der Waals surface area contributed by atoms with Crippen molar-refractivity contribution in [2.75, 3.05) is 5.73 Å². The largest absolute Gasteiger partial charge is 0.398 e. The van der Waals surface area contributed by atoms with Gasteiger partial charge in [0, 0.05) is 16.8 Å². The van der Waals surface area contributed by atoms with Gasteiger partial charge in [-0.25, -0.2) is 0 Å². The van der Waals surface area contributed by atoms with Crippen molar-refractivity contribution >= 4 is 51.4 Å². The summed E-state index contributed by atoms with van der Waals surface area (Å²) in [6.07, 6.45) is 4.18. The van der Waals surface area contributed by atoms with Crippen molar-refractivity contribution in [3.05, 3.63) is 32.4 Å². The lowest BCUT2D eigenvalue weighted by Crippen LogP contribution is -2.09. The van der Waals surface area contributed by atoms with Gasteiger partial charge in [-0.2, -0.15) is 0 Å². The topological polar surface area (TPSA) is 38.9 Å². The molecule has 1 heterocycles. The zero-order valence-corrected chi connectivity index (χ0v) is 11.8. The van der Waals surface area contributed by atoms with Gasteiger partial charge in [-0.05, 0) is 37.3 Å². The molecule has 1 aliphatic carbocycles. The van der Waals surface area contributed by atoms with Crippen molar-refractivity contribution in [3.63, 3.8) is 0 Å². The number of fused-ring (bicyclic) bond motifs is 2. The van der Waals surface area contributed by atoms with Crippen LogP contribution in [0.2, 0.25) is 15.1 Å². The second-order valence-corrected chi connectivity index (χ2v) is 5.73. The summed E-state index contributed by atoms with van der Waals surface area (Å²) in [5.74, 6) is 0. The second kappa shape index (κ2) is 4.44. The lowest BCUT2D eigenvalue weighted by atomic mass is 9.93. The Morgan fingerprint density at radius 1 is 1.06 bits per heavy atom. The number of nitrogen functional groups attached to an aromatic ring is 1. The molecule has 1 aromatic carbocycles. The van der Waals surface area contributed by atoms with Gasteiger partial charge in [-0.15, -0.1) is 0 Å². The van der Waals surface area contributed by atoms with E-state index >= 15 is 0 Å². The SMILES string of the molecule is Nc1c2c(nc3c(Cl)cc(Cl)c(Cl)c13)CCCC2. The van der Waals surface area contributed by atoms with Crippen molar-refractivity contribution in [1.29, 1.82) is 0 Å². The van der Waals surface area contributed by atoms with E-state index in [2.05, 4.69) is 4.98 Å². The first kappa shape index (κ1) is 12.3. The van der Waals surface area contributed by atoms with Crippen molar-refractivity contribution in [2.45, 2.75) is 25.7 Å². The standard InChI is InChI=1S/C13H11Cl3N2/c14-7-5-8(15)13-10(11(7)16)12(17)6-3-1-2-4-9(6)18-13/h5H,1-4H2,(H2,17,18). The van der Waals surface area contributed by atoms with Crippen LogP contribution in [0, 0.1) is 0 Å². The summed E-state index contributed by atoms with van der Waals surface area (Å²) < 4.78 is 0. The number of aromatic nitrogens is 1. The van der Waals surface area contributed by atoms with Gasteiger partial charge in [0.1, 0.15) is 0 Å². The highest BCUT2D eigenvalue weighted by Gasteiger charge is 2.20. The third kappa shape index (κ3) is 1.75. The smallest absolute Gasteiger partial charge is 0.0928 e. The van der Waals surface area contributed by atoms with E-state index in [1.807, 2.05) is 0 Å². The number of halogens is 3. The van der Waals surface area contributed by atoms with Crippen LogP contribution in [0.15, 0.2) is 6.07 Å². The highest BCUT2D eigenvalue weighted by molar-refractivity contribution is 6.48. The molecule has 2 aromatic rings. The summed E-state index contributed by atoms with van der Waals surface area (Å²) in [4.78, 5) is 4.62. The van der Waals surface area contributed by atoms with Crippen LogP contribution in [0.4, 0.5) is 5.69 Å². The summed E-state index contributed by atoms with van der Waals surface area (Å²) in [7, 11) is 0. The van der Waals surface area contributed by atoms with Crippen LogP contribution in [-0.2, 0) is 12.8 Å². The van der Waals surface area contributed by atoms with Crippen LogP contribution in [-0.4, -0.2) is 4.98 Å². The molecule has 0 aliphatic heterocycles. The lowest BCUT2D eigenvalue weighted by Gasteiger charge is -2.19. The van der Waals surface area contributed by atoms with E-state index in [1.165, 1.54) is 0 Å². The van der Waals surface area contributed by atoms with Crippen LogP contribution in [0.25, 0.3) is 10.9 Å². The Morgan fingerprint density at radius 2 is 1.78 bits per heavy atom. The van der Waals surface area contributed by atoms with Gasteiger partial charge in [0.15, 0.2) is 0 Å². The fourth-order valence-corrected chi connectivity index (χ4v) is 3.28. The molecule has 0 saturated carbocycles. The normalized spacial score (nSPS) is 14.8. The number of anilines is 1.